The summed E-state index contributed by atoms with van der Waals surface area (Å²) < 4.78 is 12.9. The van der Waals surface area contributed by atoms with Crippen LogP contribution in [-0.4, -0.2) is 10.1 Å². The van der Waals surface area contributed by atoms with Gasteiger partial charge >= 0.3 is 0 Å². The third-order valence-corrected chi connectivity index (χ3v) is 2.49. The Morgan fingerprint density at radius 2 is 2.07 bits per heavy atom. The largest absolute Gasteiger partial charge is 0.384 e. The maximum atomic E-state index is 12.9. The number of nitrogens with one attached hydrogen (secondary N) is 1. The topological polar surface area (TPSA) is 36.0 Å². The van der Waals surface area contributed by atoms with Crippen LogP contribution in [0.5, 0.6) is 0 Å². The third kappa shape index (κ3) is 2.03. The summed E-state index contributed by atoms with van der Waals surface area (Å²) in [6, 6.07) is 5.93. The molecule has 0 aliphatic carbocycles. The number of rotatable bonds is 2. The first kappa shape index (κ1) is 10.2. The number of aliphatic hydroxyl groups excluding tert-OH is 1. The van der Waals surface area contributed by atoms with E-state index in [1.807, 2.05) is 0 Å². The molecule has 1 aromatic heterocycles. The second-order valence-corrected chi connectivity index (χ2v) is 3.63. The second kappa shape index (κ2) is 4.04. The molecule has 2 aromatic rings. The van der Waals surface area contributed by atoms with Crippen LogP contribution in [0.3, 0.4) is 0 Å². The monoisotopic (exact) mass is 225 g/mol. The SMILES string of the molecule is OC(c1cc[nH]c1)c1ccc(F)c(Cl)c1. The van der Waals surface area contributed by atoms with E-state index >= 15 is 0 Å². The molecule has 2 N–H and O–H groups in total. The Labute approximate surface area is 91.3 Å². The van der Waals surface area contributed by atoms with Crippen molar-refractivity contribution in [1.82, 2.24) is 4.98 Å². The van der Waals surface area contributed by atoms with Gasteiger partial charge in [0.1, 0.15) is 11.9 Å². The fourth-order valence-electron chi connectivity index (χ4n) is 1.38. The van der Waals surface area contributed by atoms with E-state index in [0.29, 0.717) is 5.56 Å². The van der Waals surface area contributed by atoms with Crippen molar-refractivity contribution in [2.45, 2.75) is 6.10 Å². The average molecular weight is 226 g/mol. The standard InChI is InChI=1S/C11H9ClFNO/c12-9-5-7(1-2-10(9)13)11(15)8-3-4-14-6-8/h1-6,11,14-15H. The highest BCUT2D eigenvalue weighted by atomic mass is 35.5. The van der Waals surface area contributed by atoms with Gasteiger partial charge < -0.3 is 10.1 Å². The highest BCUT2D eigenvalue weighted by Gasteiger charge is 2.12. The zero-order chi connectivity index (χ0) is 10.8. The molecule has 0 aliphatic rings. The van der Waals surface area contributed by atoms with Gasteiger partial charge in [-0.15, -0.1) is 0 Å². The van der Waals surface area contributed by atoms with Crippen molar-refractivity contribution in [3.05, 3.63) is 58.6 Å². The highest BCUT2D eigenvalue weighted by Crippen LogP contribution is 2.25. The molecule has 1 aromatic carbocycles. The van der Waals surface area contributed by atoms with E-state index in [-0.39, 0.29) is 5.02 Å². The lowest BCUT2D eigenvalue weighted by atomic mass is 10.0. The van der Waals surface area contributed by atoms with Crippen LogP contribution >= 0.6 is 11.6 Å². The van der Waals surface area contributed by atoms with Gasteiger partial charge in [-0.1, -0.05) is 17.7 Å². The lowest BCUT2D eigenvalue weighted by Crippen LogP contribution is -1.98. The second-order valence-electron chi connectivity index (χ2n) is 3.22. The molecule has 4 heteroatoms. The summed E-state index contributed by atoms with van der Waals surface area (Å²) in [6.45, 7) is 0. The maximum Gasteiger partial charge on any atom is 0.141 e. The van der Waals surface area contributed by atoms with Crippen molar-refractivity contribution < 1.29 is 9.50 Å². The molecule has 0 radical (unpaired) electrons. The molecule has 0 aliphatic heterocycles. The minimum Gasteiger partial charge on any atom is -0.384 e. The quantitative estimate of drug-likeness (QED) is 0.810. The van der Waals surface area contributed by atoms with Crippen LogP contribution in [0, 0.1) is 5.82 Å². The number of hydrogen-bond acceptors (Lipinski definition) is 1. The molecule has 1 heterocycles. The molecule has 0 bridgehead atoms. The summed E-state index contributed by atoms with van der Waals surface area (Å²) in [5, 5.41) is 9.91. The van der Waals surface area contributed by atoms with Gasteiger partial charge in [0.15, 0.2) is 0 Å². The minimum atomic E-state index is -0.783. The molecule has 15 heavy (non-hydrogen) atoms. The summed E-state index contributed by atoms with van der Waals surface area (Å²) in [5.41, 5.74) is 1.29. The van der Waals surface area contributed by atoms with Crippen LogP contribution in [0.2, 0.25) is 5.02 Å². The number of halogens is 2. The summed E-state index contributed by atoms with van der Waals surface area (Å²) in [6.07, 6.45) is 2.61. The predicted molar refractivity (Wildman–Crippen MR) is 56.3 cm³/mol. The Morgan fingerprint density at radius 3 is 2.67 bits per heavy atom. The van der Waals surface area contributed by atoms with E-state index in [0.717, 1.165) is 5.56 Å². The molecule has 0 fully saturated rings. The van der Waals surface area contributed by atoms with Crippen LogP contribution in [0.15, 0.2) is 36.7 Å². The number of benzene rings is 1. The molecule has 0 saturated heterocycles. The lowest BCUT2D eigenvalue weighted by Gasteiger charge is -2.09. The van der Waals surface area contributed by atoms with Crippen molar-refractivity contribution >= 4 is 11.6 Å². The van der Waals surface area contributed by atoms with Gasteiger partial charge in [0.25, 0.3) is 0 Å². The van der Waals surface area contributed by atoms with Crippen molar-refractivity contribution in [3.8, 4) is 0 Å². The maximum absolute atomic E-state index is 12.9. The Hall–Kier alpha value is -1.32. The number of aromatic amines is 1. The van der Waals surface area contributed by atoms with E-state index in [2.05, 4.69) is 4.98 Å². The molecule has 2 nitrogen and oxygen atoms in total. The van der Waals surface area contributed by atoms with E-state index in [9.17, 15) is 9.50 Å². The fraction of sp³-hybridized carbons (Fsp3) is 0.0909. The number of H-pyrrole nitrogens is 1. The molecule has 78 valence electrons. The van der Waals surface area contributed by atoms with E-state index in [4.69, 9.17) is 11.6 Å². The summed E-state index contributed by atoms with van der Waals surface area (Å²) >= 11 is 5.63. The Morgan fingerprint density at radius 1 is 1.27 bits per heavy atom. The van der Waals surface area contributed by atoms with Gasteiger partial charge in [0.2, 0.25) is 0 Å². The van der Waals surface area contributed by atoms with Crippen LogP contribution in [0.25, 0.3) is 0 Å². The molecule has 0 saturated carbocycles. The van der Waals surface area contributed by atoms with Crippen LogP contribution < -0.4 is 0 Å². The van der Waals surface area contributed by atoms with Gasteiger partial charge in [-0.2, -0.15) is 0 Å². The molecule has 1 unspecified atom stereocenters. The van der Waals surface area contributed by atoms with Crippen molar-refractivity contribution in [2.24, 2.45) is 0 Å². The minimum absolute atomic E-state index is 0.0158. The number of hydrogen-bond donors (Lipinski definition) is 2. The van der Waals surface area contributed by atoms with Gasteiger partial charge in [-0.05, 0) is 23.8 Å². The molecule has 0 spiro atoms. The van der Waals surface area contributed by atoms with Gasteiger partial charge in [0.05, 0.1) is 5.02 Å². The Balaban J connectivity index is 2.34. The Bertz CT molecular complexity index is 456. The van der Waals surface area contributed by atoms with Crippen LogP contribution in [0.1, 0.15) is 17.2 Å². The summed E-state index contributed by atoms with van der Waals surface area (Å²) in [4.78, 5) is 2.84. The number of aromatic nitrogens is 1. The van der Waals surface area contributed by atoms with Crippen LogP contribution in [-0.2, 0) is 0 Å². The normalized spacial score (nSPS) is 12.7. The third-order valence-electron chi connectivity index (χ3n) is 2.20. The van der Waals surface area contributed by atoms with Crippen molar-refractivity contribution in [3.63, 3.8) is 0 Å². The predicted octanol–water partition coefficient (Wildman–Crippen LogP) is 2.89. The molecular weight excluding hydrogens is 217 g/mol. The molecule has 1 atom stereocenters. The number of aliphatic hydroxyl groups is 1. The van der Waals surface area contributed by atoms with Crippen molar-refractivity contribution in [2.75, 3.05) is 0 Å². The zero-order valence-electron chi connectivity index (χ0n) is 7.74. The van der Waals surface area contributed by atoms with Gasteiger partial charge in [0, 0.05) is 18.0 Å². The zero-order valence-corrected chi connectivity index (χ0v) is 8.50. The van der Waals surface area contributed by atoms with E-state index < -0.39 is 11.9 Å². The molecular formula is C11H9ClFNO. The van der Waals surface area contributed by atoms with E-state index in [1.165, 1.54) is 18.2 Å². The first-order chi connectivity index (χ1) is 7.18. The fourth-order valence-corrected chi connectivity index (χ4v) is 1.57. The summed E-state index contributed by atoms with van der Waals surface area (Å²) in [7, 11) is 0. The lowest BCUT2D eigenvalue weighted by molar-refractivity contribution is 0.220. The molecule has 0 amide bonds. The average Bonchev–Trinajstić information content (AvgIpc) is 2.74. The van der Waals surface area contributed by atoms with E-state index in [1.54, 1.807) is 18.5 Å². The van der Waals surface area contributed by atoms with Gasteiger partial charge in [-0.25, -0.2) is 4.39 Å². The molecule has 2 rings (SSSR count). The smallest absolute Gasteiger partial charge is 0.141 e. The highest BCUT2D eigenvalue weighted by molar-refractivity contribution is 6.30. The van der Waals surface area contributed by atoms with Gasteiger partial charge in [-0.3, -0.25) is 0 Å². The first-order valence-electron chi connectivity index (χ1n) is 4.44. The van der Waals surface area contributed by atoms with Crippen molar-refractivity contribution in [1.29, 1.82) is 0 Å². The van der Waals surface area contributed by atoms with Crippen LogP contribution in [0.4, 0.5) is 4.39 Å². The summed E-state index contributed by atoms with van der Waals surface area (Å²) in [5.74, 6) is -0.485. The first-order valence-corrected chi connectivity index (χ1v) is 4.82. The Kier molecular flexibility index (Phi) is 2.75.